The van der Waals surface area contributed by atoms with Gasteiger partial charge < -0.3 is 19.5 Å². The minimum absolute atomic E-state index is 0.387. The summed E-state index contributed by atoms with van der Waals surface area (Å²) in [5.74, 6) is 4.12. The van der Waals surface area contributed by atoms with Gasteiger partial charge in [-0.3, -0.25) is 0 Å². The molecule has 1 aromatic heterocycles. The highest BCUT2D eigenvalue weighted by molar-refractivity contribution is 5.54. The van der Waals surface area contributed by atoms with Crippen LogP contribution in [0.1, 0.15) is 23.6 Å². The molecular formula is C17H22N4O3. The molecule has 7 heteroatoms. The molecule has 24 heavy (non-hydrogen) atoms. The third-order valence-corrected chi connectivity index (χ3v) is 4.45. The van der Waals surface area contributed by atoms with Crippen LogP contribution in [0.5, 0.6) is 17.2 Å². The largest absolute Gasteiger partial charge is 0.493 e. The van der Waals surface area contributed by atoms with Gasteiger partial charge in [0.1, 0.15) is 24.9 Å². The molecular weight excluding hydrogens is 308 g/mol. The van der Waals surface area contributed by atoms with Gasteiger partial charge in [-0.15, -0.1) is 0 Å². The molecule has 4 rings (SSSR count). The molecule has 0 spiro atoms. The number of fused-ring (bicyclic) bond motifs is 2. The van der Waals surface area contributed by atoms with Crippen molar-refractivity contribution in [3.63, 3.8) is 0 Å². The highest BCUT2D eigenvalue weighted by atomic mass is 16.6. The first-order chi connectivity index (χ1) is 11.7. The van der Waals surface area contributed by atoms with Gasteiger partial charge in [-0.1, -0.05) is 0 Å². The number of benzene rings is 1. The molecule has 1 aromatic carbocycles. The molecule has 3 heterocycles. The first-order valence-corrected chi connectivity index (χ1v) is 8.33. The number of methoxy groups -OCH3 is 1. The second kappa shape index (κ2) is 6.32. The third kappa shape index (κ3) is 2.91. The van der Waals surface area contributed by atoms with Crippen molar-refractivity contribution in [2.45, 2.75) is 38.9 Å². The van der Waals surface area contributed by atoms with Gasteiger partial charge in [0.2, 0.25) is 5.75 Å². The second-order valence-corrected chi connectivity index (χ2v) is 6.20. The van der Waals surface area contributed by atoms with Gasteiger partial charge >= 0.3 is 0 Å². The molecule has 2 aliphatic heterocycles. The van der Waals surface area contributed by atoms with E-state index in [1.54, 1.807) is 7.11 Å². The van der Waals surface area contributed by atoms with Crippen LogP contribution in [0, 0.1) is 6.92 Å². The predicted molar refractivity (Wildman–Crippen MR) is 87.7 cm³/mol. The SMILES string of the molecule is COc1cc(CN[C@H]2CCc3nc(C)nn3C2)cc2c1OCCO2. The Bertz CT molecular complexity index is 726. The number of aryl methyl sites for hydroxylation is 2. The van der Waals surface area contributed by atoms with E-state index in [2.05, 4.69) is 15.4 Å². The van der Waals surface area contributed by atoms with Crippen molar-refractivity contribution < 1.29 is 14.2 Å². The van der Waals surface area contributed by atoms with Crippen molar-refractivity contribution in [3.05, 3.63) is 29.3 Å². The molecule has 0 fully saturated rings. The summed E-state index contributed by atoms with van der Waals surface area (Å²) in [6.07, 6.45) is 2.03. The first kappa shape index (κ1) is 15.3. The van der Waals surface area contributed by atoms with Crippen LogP contribution in [0.2, 0.25) is 0 Å². The lowest BCUT2D eigenvalue weighted by Crippen LogP contribution is -2.37. The van der Waals surface area contributed by atoms with Crippen molar-refractivity contribution in [3.8, 4) is 17.2 Å². The Labute approximate surface area is 140 Å². The van der Waals surface area contributed by atoms with E-state index in [1.807, 2.05) is 23.7 Å². The molecule has 7 nitrogen and oxygen atoms in total. The molecule has 0 saturated heterocycles. The molecule has 2 aromatic rings. The first-order valence-electron chi connectivity index (χ1n) is 8.33. The van der Waals surface area contributed by atoms with E-state index in [9.17, 15) is 0 Å². The Morgan fingerprint density at radius 1 is 1.33 bits per heavy atom. The Morgan fingerprint density at radius 2 is 2.21 bits per heavy atom. The van der Waals surface area contributed by atoms with Crippen LogP contribution in [-0.4, -0.2) is 41.1 Å². The highest BCUT2D eigenvalue weighted by Gasteiger charge is 2.22. The average Bonchev–Trinajstić information content (AvgIpc) is 2.98. The Kier molecular flexibility index (Phi) is 4.02. The van der Waals surface area contributed by atoms with E-state index in [1.165, 1.54) is 0 Å². The monoisotopic (exact) mass is 330 g/mol. The van der Waals surface area contributed by atoms with E-state index in [-0.39, 0.29) is 0 Å². The predicted octanol–water partition coefficient (Wildman–Crippen LogP) is 1.47. The van der Waals surface area contributed by atoms with Crippen molar-refractivity contribution in [1.82, 2.24) is 20.1 Å². The van der Waals surface area contributed by atoms with Crippen LogP contribution in [0.3, 0.4) is 0 Å². The molecule has 1 N–H and O–H groups in total. The molecule has 0 radical (unpaired) electrons. The molecule has 0 unspecified atom stereocenters. The molecule has 128 valence electrons. The van der Waals surface area contributed by atoms with Crippen molar-refractivity contribution >= 4 is 0 Å². The number of ether oxygens (including phenoxy) is 3. The van der Waals surface area contributed by atoms with Crippen LogP contribution >= 0.6 is 0 Å². The van der Waals surface area contributed by atoms with E-state index in [0.29, 0.717) is 25.0 Å². The fraction of sp³-hybridized carbons (Fsp3) is 0.529. The van der Waals surface area contributed by atoms with Crippen molar-refractivity contribution in [1.29, 1.82) is 0 Å². The van der Waals surface area contributed by atoms with E-state index in [0.717, 1.165) is 54.6 Å². The third-order valence-electron chi connectivity index (χ3n) is 4.45. The zero-order valence-corrected chi connectivity index (χ0v) is 14.0. The lowest BCUT2D eigenvalue weighted by molar-refractivity contribution is 0.165. The fourth-order valence-corrected chi connectivity index (χ4v) is 3.29. The number of rotatable bonds is 4. The topological polar surface area (TPSA) is 70.4 Å². The van der Waals surface area contributed by atoms with E-state index < -0.39 is 0 Å². The summed E-state index contributed by atoms with van der Waals surface area (Å²) in [6, 6.07) is 4.42. The normalized spacial score (nSPS) is 19.0. The number of nitrogens with one attached hydrogen (secondary N) is 1. The Balaban J connectivity index is 1.44. The minimum Gasteiger partial charge on any atom is -0.493 e. The van der Waals surface area contributed by atoms with Crippen LogP contribution in [0.4, 0.5) is 0 Å². The summed E-state index contributed by atoms with van der Waals surface area (Å²) in [5.41, 5.74) is 1.12. The van der Waals surface area contributed by atoms with E-state index in [4.69, 9.17) is 14.2 Å². The summed E-state index contributed by atoms with van der Waals surface area (Å²) in [4.78, 5) is 4.45. The van der Waals surface area contributed by atoms with Gasteiger partial charge in [-0.05, 0) is 31.0 Å². The Hall–Kier alpha value is -2.28. The zero-order chi connectivity index (χ0) is 16.5. The maximum Gasteiger partial charge on any atom is 0.203 e. The van der Waals surface area contributed by atoms with Gasteiger partial charge in [-0.25, -0.2) is 9.67 Å². The van der Waals surface area contributed by atoms with E-state index >= 15 is 0 Å². The van der Waals surface area contributed by atoms with Gasteiger partial charge in [0.25, 0.3) is 0 Å². The van der Waals surface area contributed by atoms with Crippen LogP contribution in [0.15, 0.2) is 12.1 Å². The Morgan fingerprint density at radius 3 is 3.08 bits per heavy atom. The highest BCUT2D eigenvalue weighted by Crippen LogP contribution is 2.40. The lowest BCUT2D eigenvalue weighted by Gasteiger charge is -2.25. The van der Waals surface area contributed by atoms with Gasteiger partial charge in [0.15, 0.2) is 11.5 Å². The molecule has 0 bridgehead atoms. The molecule has 1 atom stereocenters. The minimum atomic E-state index is 0.387. The zero-order valence-electron chi connectivity index (χ0n) is 14.0. The standard InChI is InChI=1S/C17H22N4O3/c1-11-19-16-4-3-13(10-21(16)20-11)18-9-12-7-14(22-2)17-15(8-12)23-5-6-24-17/h7-8,13,18H,3-6,9-10H2,1-2H3/t13-/m0/s1. The summed E-state index contributed by atoms with van der Waals surface area (Å²) >= 11 is 0. The van der Waals surface area contributed by atoms with Crippen LogP contribution in [-0.2, 0) is 19.5 Å². The summed E-state index contributed by atoms with van der Waals surface area (Å²) < 4.78 is 18.8. The molecule has 2 aliphatic rings. The van der Waals surface area contributed by atoms with Gasteiger partial charge in [0.05, 0.1) is 13.7 Å². The summed E-state index contributed by atoms with van der Waals surface area (Å²) in [5, 5.41) is 8.06. The number of hydrogen-bond acceptors (Lipinski definition) is 6. The smallest absolute Gasteiger partial charge is 0.203 e. The lowest BCUT2D eigenvalue weighted by atomic mass is 10.1. The van der Waals surface area contributed by atoms with Crippen molar-refractivity contribution in [2.24, 2.45) is 0 Å². The quantitative estimate of drug-likeness (QED) is 0.915. The number of hydrogen-bond donors (Lipinski definition) is 1. The second-order valence-electron chi connectivity index (χ2n) is 6.20. The van der Waals surface area contributed by atoms with Gasteiger partial charge in [0, 0.05) is 19.0 Å². The molecule has 0 amide bonds. The average molecular weight is 330 g/mol. The number of aromatic nitrogens is 3. The van der Waals surface area contributed by atoms with Crippen molar-refractivity contribution in [2.75, 3.05) is 20.3 Å². The fourth-order valence-electron chi connectivity index (χ4n) is 3.29. The molecule has 0 saturated carbocycles. The van der Waals surface area contributed by atoms with Gasteiger partial charge in [-0.2, -0.15) is 5.10 Å². The maximum atomic E-state index is 5.69. The summed E-state index contributed by atoms with van der Waals surface area (Å²) in [6.45, 7) is 4.68. The summed E-state index contributed by atoms with van der Waals surface area (Å²) in [7, 11) is 1.65. The molecule has 0 aliphatic carbocycles. The maximum absolute atomic E-state index is 5.69. The number of nitrogens with zero attached hydrogens (tertiary/aromatic N) is 3. The van der Waals surface area contributed by atoms with Crippen LogP contribution < -0.4 is 19.5 Å². The van der Waals surface area contributed by atoms with Crippen LogP contribution in [0.25, 0.3) is 0 Å².